The maximum Gasteiger partial charge on any atom is 0.326 e. The monoisotopic (exact) mass is 492 g/mol. The molecule has 0 fully saturated rings. The number of hydrogen-bond donors (Lipinski definition) is 8. The first-order valence-corrected chi connectivity index (χ1v) is 12.0. The van der Waals surface area contributed by atoms with E-state index < -0.39 is 47.9 Å². The fraction of sp³-hybridized carbons (Fsp3) is 0.588. The molecular weight excluding hydrogens is 464 g/mol. The molecule has 0 radical (unpaired) electrons. The molecule has 0 aliphatic heterocycles. The van der Waals surface area contributed by atoms with Crippen LogP contribution in [-0.4, -0.2) is 86.4 Å². The van der Waals surface area contributed by atoms with Crippen molar-refractivity contribution in [3.63, 3.8) is 0 Å². The summed E-state index contributed by atoms with van der Waals surface area (Å²) in [5.41, 5.74) is 6.52. The summed E-state index contributed by atoms with van der Waals surface area (Å²) in [5.74, 6) is -2.65. The Morgan fingerprint density at radius 2 is 1.65 bits per heavy atom. The molecule has 11 nitrogen and oxygen atoms in total. The number of rotatable bonds is 14. The van der Waals surface area contributed by atoms with Crippen LogP contribution in [0.15, 0.2) is 12.5 Å². The summed E-state index contributed by atoms with van der Waals surface area (Å²) in [6.45, 7) is 0. The first-order chi connectivity index (χ1) is 14.7. The molecule has 0 aromatic carbocycles. The number of imidazole rings is 1. The summed E-state index contributed by atoms with van der Waals surface area (Å²) < 4.78 is 0. The highest BCUT2D eigenvalue weighted by Crippen LogP contribution is 2.03. The molecule has 7 N–H and O–H groups in total. The number of aliphatic carboxylic acids is 1. The molecular formula is C17H28N6O5S3. The quantitative estimate of drug-likeness (QED) is 0.143. The molecule has 1 aromatic rings. The topological polar surface area (TPSA) is 179 Å². The number of hydrogen-bond acceptors (Lipinski definition) is 9. The van der Waals surface area contributed by atoms with Crippen LogP contribution in [0, 0.1) is 0 Å². The van der Waals surface area contributed by atoms with Crippen molar-refractivity contribution in [1.29, 1.82) is 0 Å². The number of carboxylic acids is 1. The Bertz CT molecular complexity index is 736. The zero-order valence-electron chi connectivity index (χ0n) is 16.9. The van der Waals surface area contributed by atoms with Gasteiger partial charge in [0.1, 0.15) is 18.1 Å². The normalized spacial score (nSPS) is 14.7. The molecule has 1 rings (SSSR count). The number of carbonyl (C=O) groups is 4. The Morgan fingerprint density at radius 3 is 2.10 bits per heavy atom. The van der Waals surface area contributed by atoms with Crippen LogP contribution in [0.3, 0.4) is 0 Å². The van der Waals surface area contributed by atoms with Gasteiger partial charge in [-0.15, -0.1) is 0 Å². The molecule has 0 saturated carbocycles. The lowest BCUT2D eigenvalue weighted by atomic mass is 10.1. The van der Waals surface area contributed by atoms with Crippen LogP contribution in [-0.2, 0) is 25.6 Å². The molecule has 0 aliphatic carbocycles. The fourth-order valence-electron chi connectivity index (χ4n) is 2.43. The number of carbonyl (C=O) groups excluding carboxylic acids is 3. The fourth-order valence-corrected chi connectivity index (χ4v) is 3.42. The van der Waals surface area contributed by atoms with Crippen molar-refractivity contribution in [2.24, 2.45) is 5.73 Å². The molecule has 0 saturated heterocycles. The van der Waals surface area contributed by atoms with Crippen molar-refractivity contribution in [3.8, 4) is 0 Å². The van der Waals surface area contributed by atoms with Crippen LogP contribution in [0.25, 0.3) is 0 Å². The van der Waals surface area contributed by atoms with Crippen LogP contribution in [0.2, 0.25) is 0 Å². The Morgan fingerprint density at radius 1 is 1.10 bits per heavy atom. The van der Waals surface area contributed by atoms with Crippen LogP contribution in [0.5, 0.6) is 0 Å². The summed E-state index contributed by atoms with van der Waals surface area (Å²) in [7, 11) is 0. The van der Waals surface area contributed by atoms with E-state index in [1.54, 1.807) is 0 Å². The van der Waals surface area contributed by atoms with Crippen molar-refractivity contribution in [3.05, 3.63) is 18.2 Å². The van der Waals surface area contributed by atoms with E-state index in [9.17, 15) is 24.3 Å². The van der Waals surface area contributed by atoms with Gasteiger partial charge < -0.3 is 31.8 Å². The Kier molecular flexibility index (Phi) is 12.4. The lowest BCUT2D eigenvalue weighted by molar-refractivity contribution is -0.142. The second kappa shape index (κ2) is 14.2. The lowest BCUT2D eigenvalue weighted by Crippen LogP contribution is -2.58. The number of H-pyrrole nitrogens is 1. The summed E-state index contributed by atoms with van der Waals surface area (Å²) in [5, 5.41) is 16.6. The van der Waals surface area contributed by atoms with Gasteiger partial charge in [0.05, 0.1) is 12.4 Å². The molecule has 1 aromatic heterocycles. The third kappa shape index (κ3) is 9.41. The van der Waals surface area contributed by atoms with Crippen molar-refractivity contribution in [2.45, 2.75) is 37.0 Å². The van der Waals surface area contributed by atoms with E-state index in [-0.39, 0.29) is 24.3 Å². The zero-order chi connectivity index (χ0) is 23.4. The van der Waals surface area contributed by atoms with Gasteiger partial charge in [-0.05, 0) is 18.4 Å². The second-order valence-corrected chi connectivity index (χ2v) is 8.27. The first kappa shape index (κ1) is 27.1. The molecule has 4 unspecified atom stereocenters. The van der Waals surface area contributed by atoms with Gasteiger partial charge in [-0.1, -0.05) is 0 Å². The van der Waals surface area contributed by atoms with Crippen LogP contribution >= 0.6 is 37.0 Å². The Balaban J connectivity index is 2.67. The molecule has 14 heteroatoms. The van der Waals surface area contributed by atoms with Crippen molar-refractivity contribution in [1.82, 2.24) is 25.9 Å². The number of thioether (sulfide) groups is 1. The van der Waals surface area contributed by atoms with E-state index >= 15 is 0 Å². The predicted octanol–water partition coefficient (Wildman–Crippen LogP) is -1.57. The van der Waals surface area contributed by atoms with Gasteiger partial charge in [0.15, 0.2) is 0 Å². The maximum atomic E-state index is 12.5. The zero-order valence-corrected chi connectivity index (χ0v) is 19.5. The lowest BCUT2D eigenvalue weighted by Gasteiger charge is -2.23. The van der Waals surface area contributed by atoms with Gasteiger partial charge in [-0.3, -0.25) is 14.4 Å². The number of nitrogens with one attached hydrogen (secondary N) is 4. The molecule has 0 spiro atoms. The average Bonchev–Trinajstić information content (AvgIpc) is 3.25. The molecule has 3 amide bonds. The summed E-state index contributed by atoms with van der Waals surface area (Å²) in [6.07, 6.45) is 5.25. The van der Waals surface area contributed by atoms with Gasteiger partial charge in [0, 0.05) is 29.8 Å². The van der Waals surface area contributed by atoms with Gasteiger partial charge in [-0.2, -0.15) is 37.0 Å². The smallest absolute Gasteiger partial charge is 0.326 e. The van der Waals surface area contributed by atoms with E-state index in [0.29, 0.717) is 11.4 Å². The number of aromatic nitrogens is 2. The van der Waals surface area contributed by atoms with Crippen molar-refractivity contribution >= 4 is 60.7 Å². The molecule has 4 atom stereocenters. The summed E-state index contributed by atoms with van der Waals surface area (Å²) in [6, 6.07) is -4.15. The molecule has 0 aliphatic rings. The third-order valence-corrected chi connectivity index (χ3v) is 5.56. The third-order valence-electron chi connectivity index (χ3n) is 4.19. The van der Waals surface area contributed by atoms with E-state index in [2.05, 4.69) is 51.2 Å². The highest BCUT2D eigenvalue weighted by atomic mass is 32.2. The van der Waals surface area contributed by atoms with Crippen LogP contribution in [0.4, 0.5) is 0 Å². The first-order valence-electron chi connectivity index (χ1n) is 9.30. The largest absolute Gasteiger partial charge is 0.480 e. The van der Waals surface area contributed by atoms with Crippen molar-refractivity contribution < 1.29 is 24.3 Å². The number of amides is 3. The number of thiol groups is 2. The summed E-state index contributed by atoms with van der Waals surface area (Å²) in [4.78, 5) is 55.3. The van der Waals surface area contributed by atoms with E-state index in [0.717, 1.165) is 0 Å². The second-order valence-electron chi connectivity index (χ2n) is 6.56. The van der Waals surface area contributed by atoms with Gasteiger partial charge >= 0.3 is 5.97 Å². The van der Waals surface area contributed by atoms with Gasteiger partial charge in [0.2, 0.25) is 17.7 Å². The number of nitrogens with two attached hydrogens (primary N) is 1. The van der Waals surface area contributed by atoms with E-state index in [1.165, 1.54) is 24.3 Å². The average molecular weight is 493 g/mol. The highest BCUT2D eigenvalue weighted by molar-refractivity contribution is 7.98. The number of nitrogens with zero attached hydrogens (tertiary/aromatic N) is 1. The van der Waals surface area contributed by atoms with Crippen molar-refractivity contribution in [2.75, 3.05) is 23.5 Å². The highest BCUT2D eigenvalue weighted by Gasteiger charge is 2.29. The minimum atomic E-state index is -1.17. The number of aromatic amines is 1. The van der Waals surface area contributed by atoms with Crippen LogP contribution in [0.1, 0.15) is 12.1 Å². The van der Waals surface area contributed by atoms with Crippen LogP contribution < -0.4 is 21.7 Å². The standard InChI is InChI=1S/C17H28N6O5S3/c1-31-3-2-11(17(27)28)21-15(25)13(7-30)23-16(26)12(6-29)22-14(24)10(18)4-9-5-19-8-20-9/h5,8,10-13,29-30H,2-4,6-7,18H2,1H3,(H,19,20)(H,21,25)(H,22,24)(H,23,26)(H,27,28). The Hall–Kier alpha value is -1.90. The SMILES string of the molecule is CSCCC(NC(=O)C(CS)NC(=O)C(CS)NC(=O)C(N)Cc1cnc[nH]1)C(=O)O. The maximum absolute atomic E-state index is 12.5. The minimum Gasteiger partial charge on any atom is -0.480 e. The molecule has 1 heterocycles. The molecule has 31 heavy (non-hydrogen) atoms. The Labute approximate surface area is 195 Å². The molecule has 174 valence electrons. The van der Waals surface area contributed by atoms with Gasteiger partial charge in [-0.25, -0.2) is 9.78 Å². The molecule has 0 bridgehead atoms. The minimum absolute atomic E-state index is 0.0409. The summed E-state index contributed by atoms with van der Waals surface area (Å²) >= 11 is 9.59. The van der Waals surface area contributed by atoms with Gasteiger partial charge in [0.25, 0.3) is 0 Å². The van der Waals surface area contributed by atoms with E-state index in [1.807, 2.05) is 6.26 Å². The number of carboxylic acid groups (broad SMARTS) is 1. The van der Waals surface area contributed by atoms with E-state index in [4.69, 9.17) is 5.73 Å². The predicted molar refractivity (Wildman–Crippen MR) is 124 cm³/mol.